The molecule has 0 aliphatic heterocycles. The lowest BCUT2D eigenvalue weighted by atomic mass is 10.2. The number of hydrogen-bond donors (Lipinski definition) is 2. The number of ether oxygens (including phenoxy) is 2. The molecular formula is C25H26F3N5O4. The number of fused-ring (bicyclic) bond motifs is 2. The number of methoxy groups -OCH3 is 1. The van der Waals surface area contributed by atoms with Crippen molar-refractivity contribution in [2.45, 2.75) is 52.3 Å². The molecule has 1 amide bonds. The van der Waals surface area contributed by atoms with Crippen LogP contribution >= 0.6 is 0 Å². The van der Waals surface area contributed by atoms with E-state index in [0.29, 0.717) is 22.4 Å². The van der Waals surface area contributed by atoms with Gasteiger partial charge in [0.15, 0.2) is 5.82 Å². The van der Waals surface area contributed by atoms with E-state index >= 15 is 0 Å². The fourth-order valence-corrected chi connectivity index (χ4v) is 3.88. The number of amides is 1. The van der Waals surface area contributed by atoms with Crippen LogP contribution in [0.2, 0.25) is 0 Å². The molecule has 0 saturated heterocycles. The molecule has 1 aromatic carbocycles. The van der Waals surface area contributed by atoms with Crippen LogP contribution in [-0.4, -0.2) is 50.7 Å². The van der Waals surface area contributed by atoms with Gasteiger partial charge in [-0.25, -0.2) is 32.7 Å². The molecular weight excluding hydrogens is 491 g/mol. The van der Waals surface area contributed by atoms with Crippen LogP contribution in [0.5, 0.6) is 0 Å². The molecule has 1 atom stereocenters. The van der Waals surface area contributed by atoms with Gasteiger partial charge < -0.3 is 24.3 Å². The number of carbonyl (C=O) groups excluding carboxylic acids is 2. The van der Waals surface area contributed by atoms with E-state index in [0.717, 1.165) is 13.2 Å². The Morgan fingerprint density at radius 2 is 1.89 bits per heavy atom. The Bertz CT molecular complexity index is 1490. The third kappa shape index (κ3) is 5.52. The average molecular weight is 518 g/mol. The van der Waals surface area contributed by atoms with Crippen molar-refractivity contribution in [2.24, 2.45) is 0 Å². The van der Waals surface area contributed by atoms with Gasteiger partial charge in [-0.1, -0.05) is 0 Å². The van der Waals surface area contributed by atoms with Crippen molar-refractivity contribution in [3.63, 3.8) is 0 Å². The van der Waals surface area contributed by atoms with Crippen LogP contribution in [0, 0.1) is 5.82 Å². The highest BCUT2D eigenvalue weighted by Gasteiger charge is 2.23. The van der Waals surface area contributed by atoms with Crippen LogP contribution in [-0.2, 0) is 16.0 Å². The van der Waals surface area contributed by atoms with E-state index in [2.05, 4.69) is 25.0 Å². The number of aromatic nitrogens is 4. The third-order valence-electron chi connectivity index (χ3n) is 5.48. The van der Waals surface area contributed by atoms with E-state index < -0.39 is 42.5 Å². The standard InChI is InChI=1S/C25H26F3N5O4/c1-12(29-24(35)37-25(2,3)4)16-7-6-13-8-18(31-21(13)30-16)22-32-17-9-14(23(34)36-5)15(26)10-19(17)33(22)11-20(27)28/h6-10,12,20H,11H2,1-5H3,(H,29,35)(H,30,31)/t12-/m1/s1. The molecule has 0 spiro atoms. The molecule has 4 rings (SSSR count). The second-order valence-electron chi connectivity index (χ2n) is 9.47. The number of pyridine rings is 1. The van der Waals surface area contributed by atoms with Gasteiger partial charge in [-0.15, -0.1) is 0 Å². The lowest BCUT2D eigenvalue weighted by Gasteiger charge is -2.21. The van der Waals surface area contributed by atoms with Crippen LogP contribution < -0.4 is 5.32 Å². The van der Waals surface area contributed by atoms with Crippen molar-refractivity contribution in [1.82, 2.24) is 24.8 Å². The Morgan fingerprint density at radius 3 is 2.54 bits per heavy atom. The molecule has 0 radical (unpaired) electrons. The first-order valence-electron chi connectivity index (χ1n) is 11.4. The lowest BCUT2D eigenvalue weighted by Crippen LogP contribution is -2.34. The van der Waals surface area contributed by atoms with Gasteiger partial charge in [0.25, 0.3) is 6.43 Å². The first-order chi connectivity index (χ1) is 17.4. The zero-order chi connectivity index (χ0) is 27.1. The van der Waals surface area contributed by atoms with Gasteiger partial charge in [-0.2, -0.15) is 0 Å². The van der Waals surface area contributed by atoms with Gasteiger partial charge in [0.05, 0.1) is 47.7 Å². The number of H-pyrrole nitrogens is 1. The van der Waals surface area contributed by atoms with Crippen molar-refractivity contribution in [2.75, 3.05) is 7.11 Å². The molecule has 2 N–H and O–H groups in total. The second kappa shape index (κ2) is 9.75. The van der Waals surface area contributed by atoms with Gasteiger partial charge in [-0.05, 0) is 52.0 Å². The van der Waals surface area contributed by atoms with Crippen molar-refractivity contribution < 1.29 is 32.2 Å². The minimum Gasteiger partial charge on any atom is -0.465 e. The van der Waals surface area contributed by atoms with Gasteiger partial charge in [0.2, 0.25) is 0 Å². The lowest BCUT2D eigenvalue weighted by molar-refractivity contribution is 0.0505. The Labute approximate surface area is 210 Å². The highest BCUT2D eigenvalue weighted by molar-refractivity contribution is 5.95. The predicted octanol–water partition coefficient (Wildman–Crippen LogP) is 5.36. The molecule has 3 aromatic heterocycles. The number of imidazole rings is 1. The van der Waals surface area contributed by atoms with E-state index in [9.17, 15) is 22.8 Å². The molecule has 4 aromatic rings. The summed E-state index contributed by atoms with van der Waals surface area (Å²) in [4.78, 5) is 36.0. The van der Waals surface area contributed by atoms with Gasteiger partial charge in [0.1, 0.15) is 17.1 Å². The topological polar surface area (TPSA) is 111 Å². The zero-order valence-electron chi connectivity index (χ0n) is 20.9. The van der Waals surface area contributed by atoms with E-state index in [1.165, 1.54) is 10.6 Å². The molecule has 0 aliphatic rings. The van der Waals surface area contributed by atoms with Gasteiger partial charge in [-0.3, -0.25) is 0 Å². The summed E-state index contributed by atoms with van der Waals surface area (Å²) in [5.74, 6) is -1.69. The normalized spacial score (nSPS) is 12.8. The minimum atomic E-state index is -2.74. The second-order valence-corrected chi connectivity index (χ2v) is 9.47. The Kier molecular flexibility index (Phi) is 6.85. The number of alkyl halides is 2. The maximum absolute atomic E-state index is 14.6. The quantitative estimate of drug-likeness (QED) is 0.333. The molecule has 0 fully saturated rings. The van der Waals surface area contributed by atoms with Crippen molar-refractivity contribution >= 4 is 34.1 Å². The number of rotatable bonds is 6. The Morgan fingerprint density at radius 1 is 1.16 bits per heavy atom. The number of benzene rings is 1. The summed E-state index contributed by atoms with van der Waals surface area (Å²) in [5.41, 5.74) is 0.588. The number of carbonyl (C=O) groups is 2. The summed E-state index contributed by atoms with van der Waals surface area (Å²) in [7, 11) is 1.11. The molecule has 37 heavy (non-hydrogen) atoms. The smallest absolute Gasteiger partial charge is 0.408 e. The highest BCUT2D eigenvalue weighted by atomic mass is 19.3. The summed E-state index contributed by atoms with van der Waals surface area (Å²) in [5, 5.41) is 3.39. The SMILES string of the molecule is COC(=O)c1cc2nc(-c3cc4ccc([C@@H](C)NC(=O)OC(C)(C)C)nc4[nH]3)n(CC(F)F)c2cc1F. The fourth-order valence-electron chi connectivity index (χ4n) is 3.88. The summed E-state index contributed by atoms with van der Waals surface area (Å²) in [6, 6.07) is 6.85. The summed E-state index contributed by atoms with van der Waals surface area (Å²) >= 11 is 0. The predicted molar refractivity (Wildman–Crippen MR) is 130 cm³/mol. The molecule has 0 aliphatic carbocycles. The van der Waals surface area contributed by atoms with Gasteiger partial charge in [0, 0.05) is 11.5 Å². The van der Waals surface area contributed by atoms with Crippen LogP contribution in [0.1, 0.15) is 49.8 Å². The summed E-state index contributed by atoms with van der Waals surface area (Å²) in [6.07, 6.45) is -3.33. The number of nitrogens with one attached hydrogen (secondary N) is 2. The van der Waals surface area contributed by atoms with E-state index in [1.54, 1.807) is 45.9 Å². The largest absolute Gasteiger partial charge is 0.465 e. The Balaban J connectivity index is 1.73. The number of aromatic amines is 1. The zero-order valence-corrected chi connectivity index (χ0v) is 20.9. The monoisotopic (exact) mass is 517 g/mol. The average Bonchev–Trinajstić information content (AvgIpc) is 3.37. The van der Waals surface area contributed by atoms with Gasteiger partial charge >= 0.3 is 12.1 Å². The van der Waals surface area contributed by atoms with Crippen molar-refractivity contribution in [1.29, 1.82) is 0 Å². The number of halogens is 3. The first kappa shape index (κ1) is 26.0. The maximum Gasteiger partial charge on any atom is 0.408 e. The third-order valence-corrected chi connectivity index (χ3v) is 5.48. The number of esters is 1. The molecule has 0 unspecified atom stereocenters. The van der Waals surface area contributed by atoms with E-state index in [-0.39, 0.29) is 22.4 Å². The molecule has 196 valence electrons. The van der Waals surface area contributed by atoms with Crippen LogP contribution in [0.3, 0.4) is 0 Å². The van der Waals surface area contributed by atoms with Crippen LogP contribution in [0.25, 0.3) is 33.6 Å². The van der Waals surface area contributed by atoms with Crippen LogP contribution in [0.4, 0.5) is 18.0 Å². The van der Waals surface area contributed by atoms with E-state index in [1.807, 2.05) is 0 Å². The maximum atomic E-state index is 14.6. The number of alkyl carbamates (subject to hydrolysis) is 1. The van der Waals surface area contributed by atoms with Crippen molar-refractivity contribution in [3.05, 3.63) is 47.4 Å². The molecule has 12 heteroatoms. The van der Waals surface area contributed by atoms with Crippen LogP contribution in [0.15, 0.2) is 30.3 Å². The van der Waals surface area contributed by atoms with Crippen molar-refractivity contribution in [3.8, 4) is 11.5 Å². The fraction of sp³-hybridized carbons (Fsp3) is 0.360. The highest BCUT2D eigenvalue weighted by Crippen LogP contribution is 2.30. The molecule has 9 nitrogen and oxygen atoms in total. The number of hydrogen-bond acceptors (Lipinski definition) is 6. The van der Waals surface area contributed by atoms with E-state index in [4.69, 9.17) is 4.74 Å². The number of nitrogens with zero attached hydrogens (tertiary/aromatic N) is 3. The first-order valence-corrected chi connectivity index (χ1v) is 11.4. The molecule has 0 bridgehead atoms. The summed E-state index contributed by atoms with van der Waals surface area (Å²) in [6.45, 7) is 6.28. The summed E-state index contributed by atoms with van der Waals surface area (Å²) < 4.78 is 52.5. The minimum absolute atomic E-state index is 0.0999. The molecule has 0 saturated carbocycles. The Hall–Kier alpha value is -4.09. The molecule has 3 heterocycles.